The molecule has 190 valence electrons. The highest BCUT2D eigenvalue weighted by Crippen LogP contribution is 2.25. The number of thioether (sulfide) groups is 1. The molecule has 2 N–H and O–H groups in total. The van der Waals surface area contributed by atoms with Crippen molar-refractivity contribution in [1.29, 1.82) is 0 Å². The maximum absolute atomic E-state index is 12.5. The molecule has 0 aliphatic heterocycles. The number of hydrogen-bond donors (Lipinski definition) is 2. The van der Waals surface area contributed by atoms with Crippen molar-refractivity contribution in [3.63, 3.8) is 0 Å². The number of nitrogens with one attached hydrogen (secondary N) is 2. The molecule has 0 atom stereocenters. The molecule has 2 aromatic carbocycles. The summed E-state index contributed by atoms with van der Waals surface area (Å²) in [5, 5.41) is 27.7. The lowest BCUT2D eigenvalue weighted by Crippen LogP contribution is -2.25. The van der Waals surface area contributed by atoms with Gasteiger partial charge in [-0.3, -0.25) is 19.7 Å². The zero-order valence-electron chi connectivity index (χ0n) is 20.0. The fourth-order valence-electron chi connectivity index (χ4n) is 3.37. The fourth-order valence-corrected chi connectivity index (χ4v) is 4.93. The molecule has 4 rings (SSSR count). The predicted molar refractivity (Wildman–Crippen MR) is 142 cm³/mol. The Hall–Kier alpha value is -4.10. The number of nitrogens with zero attached hydrogens (tertiary/aromatic N) is 5. The molecule has 0 unspecified atom stereocenters. The minimum Gasteiger partial charge on any atom is -0.345 e. The third-order valence-electron chi connectivity index (χ3n) is 5.27. The van der Waals surface area contributed by atoms with E-state index in [0.29, 0.717) is 22.7 Å². The zero-order valence-corrected chi connectivity index (χ0v) is 21.6. The Kier molecular flexibility index (Phi) is 8.25. The predicted octanol–water partition coefficient (Wildman–Crippen LogP) is 4.30. The van der Waals surface area contributed by atoms with Gasteiger partial charge in [-0.1, -0.05) is 47.7 Å². The van der Waals surface area contributed by atoms with E-state index in [1.807, 2.05) is 43.5 Å². The summed E-state index contributed by atoms with van der Waals surface area (Å²) in [5.41, 5.74) is 2.96. The molecular formula is C24H23N7O4S2. The van der Waals surface area contributed by atoms with Crippen LogP contribution in [0.5, 0.6) is 0 Å². The number of nitro groups is 1. The zero-order chi connectivity index (χ0) is 26.4. The largest absolute Gasteiger partial charge is 0.345 e. The summed E-state index contributed by atoms with van der Waals surface area (Å²) in [6.45, 7) is 4.54. The number of amides is 2. The normalized spacial score (nSPS) is 10.8. The summed E-state index contributed by atoms with van der Waals surface area (Å²) < 4.78 is 1.80. The number of aryl methyl sites for hydroxylation is 1. The molecular weight excluding hydrogens is 514 g/mol. The second-order valence-corrected chi connectivity index (χ2v) is 9.67. The summed E-state index contributed by atoms with van der Waals surface area (Å²) >= 11 is 2.58. The molecule has 37 heavy (non-hydrogen) atoms. The molecule has 4 aromatic rings. The van der Waals surface area contributed by atoms with Gasteiger partial charge in [-0.05, 0) is 19.9 Å². The van der Waals surface area contributed by atoms with Crippen molar-refractivity contribution in [2.45, 2.75) is 32.1 Å². The van der Waals surface area contributed by atoms with E-state index in [9.17, 15) is 19.7 Å². The molecule has 0 saturated heterocycles. The van der Waals surface area contributed by atoms with Crippen molar-refractivity contribution >= 4 is 45.7 Å². The number of anilines is 1. The quantitative estimate of drug-likeness (QED) is 0.173. The van der Waals surface area contributed by atoms with Crippen LogP contribution in [0.2, 0.25) is 0 Å². The highest BCUT2D eigenvalue weighted by atomic mass is 32.2. The van der Waals surface area contributed by atoms with Gasteiger partial charge >= 0.3 is 0 Å². The molecule has 0 saturated carbocycles. The van der Waals surface area contributed by atoms with Crippen LogP contribution in [-0.2, 0) is 17.9 Å². The Bertz CT molecular complexity index is 1430. The van der Waals surface area contributed by atoms with Crippen LogP contribution in [0.15, 0.2) is 59.1 Å². The van der Waals surface area contributed by atoms with Crippen LogP contribution in [0.4, 0.5) is 10.8 Å². The molecule has 13 heteroatoms. The number of non-ortho nitro benzene ring substituents is 1. The molecule has 0 fully saturated rings. The van der Waals surface area contributed by atoms with Crippen molar-refractivity contribution < 1.29 is 14.5 Å². The second-order valence-electron chi connectivity index (χ2n) is 7.87. The van der Waals surface area contributed by atoms with Gasteiger partial charge in [-0.25, -0.2) is 4.98 Å². The van der Waals surface area contributed by atoms with Gasteiger partial charge in [0.15, 0.2) is 16.1 Å². The average Bonchev–Trinajstić information content (AvgIpc) is 3.53. The van der Waals surface area contributed by atoms with Crippen LogP contribution < -0.4 is 10.6 Å². The first-order valence-corrected chi connectivity index (χ1v) is 13.1. The van der Waals surface area contributed by atoms with Crippen LogP contribution in [-0.4, -0.2) is 42.2 Å². The van der Waals surface area contributed by atoms with Crippen molar-refractivity contribution in [2.24, 2.45) is 0 Å². The maximum Gasteiger partial charge on any atom is 0.270 e. The van der Waals surface area contributed by atoms with Gasteiger partial charge in [-0.15, -0.1) is 21.5 Å². The van der Waals surface area contributed by atoms with Crippen molar-refractivity contribution in [3.8, 4) is 11.3 Å². The summed E-state index contributed by atoms with van der Waals surface area (Å²) in [5.74, 6) is -0.0679. The molecule has 0 radical (unpaired) electrons. The van der Waals surface area contributed by atoms with E-state index in [0.717, 1.165) is 16.8 Å². The molecule has 0 spiro atoms. The van der Waals surface area contributed by atoms with Crippen LogP contribution in [0, 0.1) is 17.0 Å². The van der Waals surface area contributed by atoms with Crippen molar-refractivity contribution in [2.75, 3.05) is 11.1 Å². The van der Waals surface area contributed by atoms with E-state index >= 15 is 0 Å². The first kappa shape index (κ1) is 26.0. The number of rotatable bonds is 10. The number of thiazole rings is 1. The van der Waals surface area contributed by atoms with Gasteiger partial charge in [0.25, 0.3) is 11.6 Å². The lowest BCUT2D eigenvalue weighted by molar-refractivity contribution is -0.384. The standard InChI is InChI=1S/C24H23N7O4S2/c1-3-30-20(12-25-22(33)17-5-4-6-18(11-17)31(34)35)28-29-24(30)37-14-21(32)27-23-26-19(13-36-23)16-9-7-15(2)8-10-16/h4-11,13H,3,12,14H2,1-2H3,(H,25,33)(H,26,27,32). The first-order valence-electron chi connectivity index (χ1n) is 11.2. The lowest BCUT2D eigenvalue weighted by atomic mass is 10.1. The summed E-state index contributed by atoms with van der Waals surface area (Å²) in [4.78, 5) is 39.8. The molecule has 2 aromatic heterocycles. The Morgan fingerprint density at radius 2 is 1.95 bits per heavy atom. The number of nitro benzene ring substituents is 1. The van der Waals surface area contributed by atoms with Crippen LogP contribution in [0.3, 0.4) is 0 Å². The fraction of sp³-hybridized carbons (Fsp3) is 0.208. The smallest absolute Gasteiger partial charge is 0.270 e. The monoisotopic (exact) mass is 537 g/mol. The lowest BCUT2D eigenvalue weighted by Gasteiger charge is -2.08. The minimum atomic E-state index is -0.554. The van der Waals surface area contributed by atoms with Crippen LogP contribution in [0.1, 0.15) is 28.7 Å². The third kappa shape index (κ3) is 6.57. The van der Waals surface area contributed by atoms with Gasteiger partial charge in [0.1, 0.15) is 0 Å². The number of aromatic nitrogens is 4. The van der Waals surface area contributed by atoms with Crippen molar-refractivity contribution in [3.05, 3.63) is 81.0 Å². The molecule has 0 bridgehead atoms. The number of hydrogen-bond acceptors (Lipinski definition) is 9. The number of carbonyl (C=O) groups is 2. The first-order chi connectivity index (χ1) is 17.8. The Morgan fingerprint density at radius 3 is 2.68 bits per heavy atom. The summed E-state index contributed by atoms with van der Waals surface area (Å²) in [6, 6.07) is 13.5. The van der Waals surface area contributed by atoms with Crippen LogP contribution in [0.25, 0.3) is 11.3 Å². The summed E-state index contributed by atoms with van der Waals surface area (Å²) in [6.07, 6.45) is 0. The van der Waals surface area contributed by atoms with Crippen molar-refractivity contribution in [1.82, 2.24) is 25.1 Å². The highest BCUT2D eigenvalue weighted by Gasteiger charge is 2.16. The molecule has 2 amide bonds. The molecule has 11 nitrogen and oxygen atoms in total. The summed E-state index contributed by atoms with van der Waals surface area (Å²) in [7, 11) is 0. The molecule has 0 aliphatic rings. The SMILES string of the molecule is CCn1c(CNC(=O)c2cccc([N+](=O)[O-])c2)nnc1SCC(=O)Nc1nc(-c2ccc(C)cc2)cs1. The number of benzene rings is 2. The topological polar surface area (TPSA) is 145 Å². The van der Waals surface area contributed by atoms with Gasteiger partial charge in [0.05, 0.1) is 22.9 Å². The molecule has 0 aliphatic carbocycles. The van der Waals surface area contributed by atoms with E-state index in [1.54, 1.807) is 4.57 Å². The Balaban J connectivity index is 1.32. The van der Waals surface area contributed by atoms with E-state index in [4.69, 9.17) is 0 Å². The van der Waals surface area contributed by atoms with Crippen LogP contribution >= 0.6 is 23.1 Å². The average molecular weight is 538 g/mol. The maximum atomic E-state index is 12.5. The van der Waals surface area contributed by atoms with Gasteiger partial charge in [0.2, 0.25) is 5.91 Å². The minimum absolute atomic E-state index is 0.0794. The Morgan fingerprint density at radius 1 is 1.16 bits per heavy atom. The van der Waals surface area contributed by atoms with Gasteiger partial charge in [0, 0.05) is 35.2 Å². The number of carbonyl (C=O) groups excluding carboxylic acids is 2. The van der Waals surface area contributed by atoms with Gasteiger partial charge in [-0.2, -0.15) is 0 Å². The Labute approximate surface area is 220 Å². The van der Waals surface area contributed by atoms with E-state index < -0.39 is 10.8 Å². The van der Waals surface area contributed by atoms with E-state index in [1.165, 1.54) is 47.4 Å². The molecule has 2 heterocycles. The highest BCUT2D eigenvalue weighted by molar-refractivity contribution is 7.99. The second kappa shape index (κ2) is 11.8. The third-order valence-corrected chi connectivity index (χ3v) is 6.99. The van der Waals surface area contributed by atoms with E-state index in [-0.39, 0.29) is 29.5 Å². The van der Waals surface area contributed by atoms with Gasteiger partial charge < -0.3 is 15.2 Å². The van der Waals surface area contributed by atoms with E-state index in [2.05, 4.69) is 25.8 Å².